The van der Waals surface area contributed by atoms with Crippen LogP contribution in [0.15, 0.2) is 152 Å². The topological polar surface area (TPSA) is 50.9 Å². The van der Waals surface area contributed by atoms with Gasteiger partial charge in [-0.25, -0.2) is 4.98 Å². The van der Waals surface area contributed by atoms with E-state index in [0.29, 0.717) is 5.82 Å². The van der Waals surface area contributed by atoms with Crippen molar-refractivity contribution in [2.24, 2.45) is 0 Å². The molecule has 1 N–H and O–H groups in total. The van der Waals surface area contributed by atoms with Crippen LogP contribution in [0.5, 0.6) is 5.75 Å². The number of imidazole rings is 1. The molecule has 0 bridgehead atoms. The molecule has 5 heteroatoms. The van der Waals surface area contributed by atoms with Crippen molar-refractivity contribution in [2.45, 2.75) is 25.7 Å². The number of aryl methyl sites for hydroxylation is 2. The van der Waals surface area contributed by atoms with Gasteiger partial charge in [-0.1, -0.05) is 120 Å². The predicted octanol–water partition coefficient (Wildman–Crippen LogP) is 11.1. The first-order valence-electron chi connectivity index (χ1n) is 17.3. The average molecular weight is 840 g/mol. The fraction of sp³-hybridized carbons (Fsp3) is 0.0870. The minimum atomic E-state index is 0. The van der Waals surface area contributed by atoms with Gasteiger partial charge in [0.1, 0.15) is 11.6 Å². The normalized spacial score (nSPS) is 12.3. The second-order valence-electron chi connectivity index (χ2n) is 12.9. The van der Waals surface area contributed by atoms with E-state index in [4.69, 9.17) is 4.98 Å². The molecule has 9 rings (SSSR count). The molecule has 0 unspecified atom stereocenters. The Morgan fingerprint density at radius 2 is 1.24 bits per heavy atom. The van der Waals surface area contributed by atoms with Gasteiger partial charge in [0.05, 0.1) is 22.3 Å². The molecule has 6 aromatic carbocycles. The number of pyridine rings is 1. The van der Waals surface area contributed by atoms with Crippen LogP contribution in [0.25, 0.3) is 72.7 Å². The average Bonchev–Trinajstić information content (AvgIpc) is 3.58. The van der Waals surface area contributed by atoms with E-state index in [1.807, 2.05) is 42.6 Å². The Labute approximate surface area is 312 Å². The molecular formula is C46H34N3OPt-. The van der Waals surface area contributed by atoms with Crippen molar-refractivity contribution in [3.8, 4) is 67.5 Å². The zero-order valence-electron chi connectivity index (χ0n) is 27.9. The van der Waals surface area contributed by atoms with E-state index in [9.17, 15) is 5.11 Å². The third-order valence-electron chi connectivity index (χ3n) is 9.82. The molecule has 2 heterocycles. The van der Waals surface area contributed by atoms with Crippen LogP contribution in [0.3, 0.4) is 0 Å². The number of aromatic hydroxyl groups is 1. The number of benzene rings is 6. The maximum absolute atomic E-state index is 11.6. The molecular weight excluding hydrogens is 806 g/mol. The Hall–Kier alpha value is -5.57. The Balaban J connectivity index is 0.00000374. The van der Waals surface area contributed by atoms with E-state index in [1.165, 1.54) is 11.1 Å². The monoisotopic (exact) mass is 839 g/mol. The zero-order valence-corrected chi connectivity index (χ0v) is 30.1. The van der Waals surface area contributed by atoms with Gasteiger partial charge in [0, 0.05) is 38.5 Å². The molecule has 0 aliphatic heterocycles. The number of aromatic nitrogens is 3. The number of phenols is 1. The van der Waals surface area contributed by atoms with Crippen LogP contribution in [0.4, 0.5) is 0 Å². The number of hydrogen-bond acceptors (Lipinski definition) is 3. The van der Waals surface area contributed by atoms with Crippen LogP contribution in [0, 0.1) is 6.07 Å². The summed E-state index contributed by atoms with van der Waals surface area (Å²) in [5.74, 6) is 0.974. The smallest absolute Gasteiger partial charge is 0.148 e. The van der Waals surface area contributed by atoms with Crippen LogP contribution in [0.2, 0.25) is 0 Å². The van der Waals surface area contributed by atoms with Gasteiger partial charge in [0.2, 0.25) is 0 Å². The van der Waals surface area contributed by atoms with Crippen molar-refractivity contribution in [2.75, 3.05) is 0 Å². The fourth-order valence-electron chi connectivity index (χ4n) is 7.40. The van der Waals surface area contributed by atoms with Crippen molar-refractivity contribution in [1.82, 2.24) is 14.5 Å². The van der Waals surface area contributed by atoms with E-state index >= 15 is 0 Å². The molecule has 8 aromatic rings. The van der Waals surface area contributed by atoms with Gasteiger partial charge in [0.25, 0.3) is 0 Å². The quantitative estimate of drug-likeness (QED) is 0.170. The molecule has 0 atom stereocenters. The molecule has 1 aliphatic carbocycles. The van der Waals surface area contributed by atoms with Crippen LogP contribution in [0.1, 0.15) is 24.0 Å². The molecule has 4 nitrogen and oxygen atoms in total. The minimum Gasteiger partial charge on any atom is -0.507 e. The van der Waals surface area contributed by atoms with Gasteiger partial charge in [-0.2, -0.15) is 0 Å². The first kappa shape index (κ1) is 32.6. The van der Waals surface area contributed by atoms with Gasteiger partial charge in [-0.15, -0.1) is 23.8 Å². The molecule has 2 aromatic heterocycles. The van der Waals surface area contributed by atoms with Gasteiger partial charge in [-0.3, -0.25) is 9.55 Å². The van der Waals surface area contributed by atoms with Crippen LogP contribution in [-0.2, 0) is 33.9 Å². The van der Waals surface area contributed by atoms with Crippen LogP contribution >= 0.6 is 0 Å². The van der Waals surface area contributed by atoms with E-state index in [0.717, 1.165) is 92.6 Å². The summed E-state index contributed by atoms with van der Waals surface area (Å²) >= 11 is 0. The van der Waals surface area contributed by atoms with Crippen molar-refractivity contribution in [1.29, 1.82) is 0 Å². The summed E-state index contributed by atoms with van der Waals surface area (Å²) in [6.07, 6.45) is 6.12. The number of phenolic OH excluding ortho intramolecular Hbond substituents is 1. The Bertz CT molecular complexity index is 2430. The molecule has 0 spiro atoms. The first-order valence-corrected chi connectivity index (χ1v) is 17.3. The third-order valence-corrected chi connectivity index (χ3v) is 9.82. The summed E-state index contributed by atoms with van der Waals surface area (Å²) in [6.45, 7) is 0. The minimum absolute atomic E-state index is 0. The summed E-state index contributed by atoms with van der Waals surface area (Å²) in [6, 6.07) is 53.9. The van der Waals surface area contributed by atoms with Crippen LogP contribution < -0.4 is 0 Å². The van der Waals surface area contributed by atoms with Gasteiger partial charge in [0.15, 0.2) is 0 Å². The molecule has 51 heavy (non-hydrogen) atoms. The molecule has 0 saturated carbocycles. The second-order valence-corrected chi connectivity index (χ2v) is 12.9. The molecule has 0 fully saturated rings. The second kappa shape index (κ2) is 14.0. The van der Waals surface area contributed by atoms with Crippen molar-refractivity contribution in [3.05, 3.63) is 169 Å². The Kier molecular flexibility index (Phi) is 8.94. The van der Waals surface area contributed by atoms with Gasteiger partial charge in [-0.05, 0) is 78.3 Å². The zero-order chi connectivity index (χ0) is 33.4. The third kappa shape index (κ3) is 6.11. The van der Waals surface area contributed by atoms with Crippen molar-refractivity contribution < 1.29 is 26.2 Å². The van der Waals surface area contributed by atoms with E-state index in [2.05, 4.69) is 125 Å². The number of fused-ring (bicyclic) bond motifs is 2. The summed E-state index contributed by atoms with van der Waals surface area (Å²) < 4.78 is 2.23. The summed E-state index contributed by atoms with van der Waals surface area (Å²) in [7, 11) is 0. The number of hydrogen-bond donors (Lipinski definition) is 1. The van der Waals surface area contributed by atoms with E-state index < -0.39 is 0 Å². The molecule has 0 amide bonds. The summed E-state index contributed by atoms with van der Waals surface area (Å²) in [4.78, 5) is 10.1. The summed E-state index contributed by atoms with van der Waals surface area (Å²) in [5, 5.41) is 11.6. The number of para-hydroxylation sites is 2. The van der Waals surface area contributed by atoms with E-state index in [1.54, 1.807) is 0 Å². The Morgan fingerprint density at radius 1 is 0.569 bits per heavy atom. The summed E-state index contributed by atoms with van der Waals surface area (Å²) in [5.41, 5.74) is 14.2. The Morgan fingerprint density at radius 3 is 2.00 bits per heavy atom. The van der Waals surface area contributed by atoms with Crippen molar-refractivity contribution >= 4 is 11.0 Å². The SMILES string of the molecule is Oc1cc2c(cc1-c1nc3c(-c4[c-]c(-c5ccccn5)cc(-c5ccccc5)c4)cccc3n1-c1ccccc1-c1ccccc1)CCCC2.[Pt]. The standard InChI is InChI=1S/C46H34N3O.Pt/c50-44-30-34-19-8-7-18-33(34)29-40(44)46-48-45-39(21-13-24-43(45)49(46)42-23-10-9-20-38(42)32-16-5-2-6-17-32)36-26-35(31-14-3-1-4-15-31)27-37(28-36)41-22-11-12-25-47-41;/h1-6,9-17,20-27,29-30,50H,7-8,18-19H2;/q-1;. The maximum atomic E-state index is 11.6. The fourth-order valence-corrected chi connectivity index (χ4v) is 7.40. The molecule has 250 valence electrons. The van der Waals surface area contributed by atoms with Gasteiger partial charge >= 0.3 is 0 Å². The number of nitrogens with zero attached hydrogens (tertiary/aromatic N) is 3. The van der Waals surface area contributed by atoms with Gasteiger partial charge < -0.3 is 5.11 Å². The molecule has 1 aliphatic rings. The molecule has 0 radical (unpaired) electrons. The maximum Gasteiger partial charge on any atom is 0.148 e. The van der Waals surface area contributed by atoms with E-state index in [-0.39, 0.29) is 26.8 Å². The van der Waals surface area contributed by atoms with Crippen LogP contribution in [-0.4, -0.2) is 19.6 Å². The molecule has 0 saturated heterocycles. The first-order chi connectivity index (χ1) is 24.7. The number of rotatable bonds is 6. The largest absolute Gasteiger partial charge is 0.507 e. The predicted molar refractivity (Wildman–Crippen MR) is 203 cm³/mol. The van der Waals surface area contributed by atoms with Crippen molar-refractivity contribution in [3.63, 3.8) is 0 Å².